The van der Waals surface area contributed by atoms with Gasteiger partial charge >= 0.3 is 12.1 Å². The highest BCUT2D eigenvalue weighted by Gasteiger charge is 2.45. The Kier molecular flexibility index (Phi) is 12.1. The van der Waals surface area contributed by atoms with E-state index in [9.17, 15) is 24.3 Å². The van der Waals surface area contributed by atoms with Crippen LogP contribution in [0.25, 0.3) is 6.08 Å². The first-order chi connectivity index (χ1) is 23.5. The van der Waals surface area contributed by atoms with E-state index in [-0.39, 0.29) is 24.6 Å². The van der Waals surface area contributed by atoms with E-state index in [1.54, 1.807) is 78.0 Å². The van der Waals surface area contributed by atoms with Crippen LogP contribution in [0.3, 0.4) is 0 Å². The van der Waals surface area contributed by atoms with Gasteiger partial charge in [0, 0.05) is 18.9 Å². The first-order valence-electron chi connectivity index (χ1n) is 16.9. The van der Waals surface area contributed by atoms with Crippen molar-refractivity contribution in [1.29, 1.82) is 0 Å². The number of hydrogen-bond donors (Lipinski definition) is 3. The predicted molar refractivity (Wildman–Crippen MR) is 192 cm³/mol. The molecule has 3 aromatic rings. The summed E-state index contributed by atoms with van der Waals surface area (Å²) in [6, 6.07) is 19.2. The molecule has 1 aliphatic rings. The molecule has 0 bridgehead atoms. The van der Waals surface area contributed by atoms with Crippen molar-refractivity contribution in [3.05, 3.63) is 108 Å². The molecule has 266 valence electrons. The number of esters is 1. The number of nitrogens with zero attached hydrogens (tertiary/aromatic N) is 1. The van der Waals surface area contributed by atoms with E-state index in [4.69, 9.17) is 9.47 Å². The second-order valence-corrected chi connectivity index (χ2v) is 14.6. The van der Waals surface area contributed by atoms with Crippen LogP contribution in [-0.4, -0.2) is 63.2 Å². The molecule has 1 saturated carbocycles. The number of nitrogens with one attached hydrogen (secondary N) is 2. The Labute approximate surface area is 294 Å². The quantitative estimate of drug-likeness (QED) is 0.181. The number of carbonyl (C=O) groups excluding carboxylic acids is 4. The molecule has 1 aliphatic carbocycles. The number of aromatic hydroxyl groups is 1. The van der Waals surface area contributed by atoms with Crippen LogP contribution in [0.1, 0.15) is 82.7 Å². The lowest BCUT2D eigenvalue weighted by atomic mass is 9.97. The van der Waals surface area contributed by atoms with E-state index < -0.39 is 53.2 Å². The lowest BCUT2D eigenvalue weighted by Gasteiger charge is -2.35. The topological polar surface area (TPSA) is 134 Å². The highest BCUT2D eigenvalue weighted by molar-refractivity contribution is 5.94. The van der Waals surface area contributed by atoms with Crippen molar-refractivity contribution < 1.29 is 33.8 Å². The van der Waals surface area contributed by atoms with Gasteiger partial charge in [0.15, 0.2) is 0 Å². The predicted octanol–water partition coefficient (Wildman–Crippen LogP) is 6.27. The molecule has 3 N–H and O–H groups in total. The minimum Gasteiger partial charge on any atom is -0.508 e. The first-order valence-corrected chi connectivity index (χ1v) is 16.9. The lowest BCUT2D eigenvalue weighted by Crippen LogP contribution is -2.56. The van der Waals surface area contributed by atoms with Crippen molar-refractivity contribution in [2.45, 2.75) is 103 Å². The number of phenols is 1. The number of benzene rings is 3. The third-order valence-corrected chi connectivity index (χ3v) is 7.84. The van der Waals surface area contributed by atoms with E-state index in [2.05, 4.69) is 17.2 Å². The summed E-state index contributed by atoms with van der Waals surface area (Å²) in [6.45, 7) is 14.3. The van der Waals surface area contributed by atoms with Crippen LogP contribution in [-0.2, 0) is 36.7 Å². The number of rotatable bonds is 13. The number of hydrogen-bond acceptors (Lipinski definition) is 7. The molecule has 3 atom stereocenters. The maximum absolute atomic E-state index is 14.8. The van der Waals surface area contributed by atoms with Gasteiger partial charge in [-0.25, -0.2) is 9.59 Å². The molecule has 1 fully saturated rings. The number of alkyl carbamates (subject to hydrolysis) is 1. The largest absolute Gasteiger partial charge is 0.508 e. The summed E-state index contributed by atoms with van der Waals surface area (Å²) < 4.78 is 11.3. The van der Waals surface area contributed by atoms with Crippen molar-refractivity contribution in [3.63, 3.8) is 0 Å². The highest BCUT2D eigenvalue weighted by atomic mass is 16.6. The summed E-state index contributed by atoms with van der Waals surface area (Å²) in [4.78, 5) is 57.6. The molecule has 0 spiro atoms. The number of phenolic OH excluding ortho intramolecular Hbond substituents is 1. The molecule has 0 aromatic heterocycles. The minimum atomic E-state index is -1.17. The van der Waals surface area contributed by atoms with Crippen LogP contribution in [0.4, 0.5) is 4.79 Å². The van der Waals surface area contributed by atoms with Gasteiger partial charge in [0.2, 0.25) is 11.8 Å². The molecular formula is C40H49N3O7. The van der Waals surface area contributed by atoms with Crippen molar-refractivity contribution in [2.24, 2.45) is 0 Å². The molecule has 50 heavy (non-hydrogen) atoms. The van der Waals surface area contributed by atoms with Crippen LogP contribution in [0.2, 0.25) is 0 Å². The highest BCUT2D eigenvalue weighted by Crippen LogP contribution is 2.36. The zero-order valence-corrected chi connectivity index (χ0v) is 29.8. The van der Waals surface area contributed by atoms with Gasteiger partial charge in [0.25, 0.3) is 0 Å². The zero-order valence-electron chi connectivity index (χ0n) is 29.8. The second kappa shape index (κ2) is 16.1. The molecule has 10 nitrogen and oxygen atoms in total. The second-order valence-electron chi connectivity index (χ2n) is 14.6. The maximum Gasteiger partial charge on any atom is 0.408 e. The first kappa shape index (κ1) is 37.7. The summed E-state index contributed by atoms with van der Waals surface area (Å²) in [7, 11) is 0. The van der Waals surface area contributed by atoms with Crippen LogP contribution >= 0.6 is 0 Å². The smallest absolute Gasteiger partial charge is 0.408 e. The Morgan fingerprint density at radius 2 is 1.42 bits per heavy atom. The molecule has 0 aliphatic heterocycles. The third kappa shape index (κ3) is 11.2. The van der Waals surface area contributed by atoms with E-state index in [1.807, 2.05) is 36.4 Å². The summed E-state index contributed by atoms with van der Waals surface area (Å²) in [6.07, 6.45) is 2.40. The van der Waals surface area contributed by atoms with Crippen molar-refractivity contribution in [2.75, 3.05) is 0 Å². The van der Waals surface area contributed by atoms with Gasteiger partial charge in [-0.15, -0.1) is 0 Å². The molecule has 3 unspecified atom stereocenters. The van der Waals surface area contributed by atoms with Crippen molar-refractivity contribution in [1.82, 2.24) is 15.5 Å². The SMILES string of the molecule is C=Cc1cccc(C(C(=O)NC(Cc2ccccc2)C(=O)OC(C)(C)C)N(C(=O)C(Cc2ccc(O)cc2)NC(=O)OC(C)(C)C)C2CC2)c1. The number of ether oxygens (including phenoxy) is 2. The van der Waals surface area contributed by atoms with E-state index in [0.717, 1.165) is 11.1 Å². The normalized spacial score (nSPS) is 14.8. The van der Waals surface area contributed by atoms with Crippen LogP contribution in [0.5, 0.6) is 5.75 Å². The fourth-order valence-corrected chi connectivity index (χ4v) is 5.53. The molecule has 3 aromatic carbocycles. The minimum absolute atomic E-state index is 0.0604. The van der Waals surface area contributed by atoms with Gasteiger partial charge in [-0.1, -0.05) is 73.3 Å². The Hall–Kier alpha value is -5.12. The maximum atomic E-state index is 14.8. The summed E-state index contributed by atoms with van der Waals surface area (Å²) >= 11 is 0. The average molecular weight is 684 g/mol. The van der Waals surface area contributed by atoms with E-state index in [1.165, 1.54) is 17.0 Å². The third-order valence-electron chi connectivity index (χ3n) is 7.84. The van der Waals surface area contributed by atoms with Gasteiger partial charge in [-0.05, 0) is 94.8 Å². The molecule has 0 saturated heterocycles. The summed E-state index contributed by atoms with van der Waals surface area (Å²) in [5.74, 6) is -1.61. The van der Waals surface area contributed by atoms with E-state index in [0.29, 0.717) is 24.0 Å². The Bertz CT molecular complexity index is 1650. The van der Waals surface area contributed by atoms with Gasteiger partial charge in [0.1, 0.15) is 35.1 Å². The van der Waals surface area contributed by atoms with Crippen molar-refractivity contribution >= 4 is 30.0 Å². The number of carbonyl (C=O) groups is 4. The van der Waals surface area contributed by atoms with Crippen LogP contribution in [0, 0.1) is 0 Å². The molecule has 10 heteroatoms. The molecule has 4 rings (SSSR count). The number of amides is 3. The monoisotopic (exact) mass is 683 g/mol. The van der Waals surface area contributed by atoms with Crippen LogP contribution < -0.4 is 10.6 Å². The molecular weight excluding hydrogens is 634 g/mol. The van der Waals surface area contributed by atoms with Crippen molar-refractivity contribution in [3.8, 4) is 5.75 Å². The standard InChI is InChI=1S/C40H49N3O7/c1-8-26-15-12-16-29(23-26)34(35(45)41-33(37(47)49-39(2,3)4)25-27-13-10-9-11-14-27)43(30-19-20-30)36(46)32(42-38(48)50-40(5,6)7)24-28-17-21-31(44)22-18-28/h8-18,21-23,30,32-34,44H,1,19-20,24-25H2,2-7H3,(H,41,45)(H,42,48). The molecule has 0 radical (unpaired) electrons. The van der Waals surface area contributed by atoms with Gasteiger partial charge in [-0.2, -0.15) is 0 Å². The summed E-state index contributed by atoms with van der Waals surface area (Å²) in [5.41, 5.74) is 1.12. The van der Waals surface area contributed by atoms with E-state index >= 15 is 0 Å². The molecule has 3 amide bonds. The summed E-state index contributed by atoms with van der Waals surface area (Å²) in [5, 5.41) is 15.5. The van der Waals surface area contributed by atoms with Gasteiger partial charge in [-0.3, -0.25) is 9.59 Å². The van der Waals surface area contributed by atoms with Crippen LogP contribution in [0.15, 0.2) is 85.4 Å². The fourth-order valence-electron chi connectivity index (χ4n) is 5.53. The Morgan fingerprint density at radius 1 is 0.820 bits per heavy atom. The lowest BCUT2D eigenvalue weighted by molar-refractivity contribution is -0.159. The fraction of sp³-hybridized carbons (Fsp3) is 0.400. The Balaban J connectivity index is 1.76. The Morgan fingerprint density at radius 3 is 2.00 bits per heavy atom. The van der Waals surface area contributed by atoms with Gasteiger partial charge in [0.05, 0.1) is 0 Å². The average Bonchev–Trinajstić information content (AvgIpc) is 3.88. The molecule has 0 heterocycles. The zero-order chi connectivity index (χ0) is 36.6. The van der Waals surface area contributed by atoms with Gasteiger partial charge < -0.3 is 30.1 Å².